The number of guanidine groups is 1. The van der Waals surface area contributed by atoms with Crippen molar-refractivity contribution in [3.63, 3.8) is 0 Å². The number of methoxy groups -OCH3 is 4. The first-order valence-corrected chi connectivity index (χ1v) is 9.83. The van der Waals surface area contributed by atoms with Gasteiger partial charge in [-0.25, -0.2) is 0 Å². The van der Waals surface area contributed by atoms with Gasteiger partial charge >= 0.3 is 0 Å². The van der Waals surface area contributed by atoms with Crippen LogP contribution in [-0.4, -0.2) is 54.6 Å². The van der Waals surface area contributed by atoms with Crippen molar-refractivity contribution >= 4 is 5.96 Å². The molecule has 1 aliphatic rings. The molecule has 0 aromatic heterocycles. The number of hydrogen-bond acceptors (Lipinski definition) is 5. The summed E-state index contributed by atoms with van der Waals surface area (Å²) in [6.07, 6.45) is 6.14. The van der Waals surface area contributed by atoms with E-state index >= 15 is 0 Å². The molecule has 1 aliphatic carbocycles. The van der Waals surface area contributed by atoms with E-state index in [1.807, 2.05) is 12.1 Å². The lowest BCUT2D eigenvalue weighted by molar-refractivity contribution is 0.138. The highest BCUT2D eigenvalue weighted by Crippen LogP contribution is 2.40. The number of rotatable bonds is 10. The van der Waals surface area contributed by atoms with Gasteiger partial charge in [-0.05, 0) is 30.7 Å². The highest BCUT2D eigenvalue weighted by atomic mass is 16.5. The van der Waals surface area contributed by atoms with Crippen LogP contribution in [0.15, 0.2) is 17.1 Å². The molecular formula is C21H35N3O4. The summed E-state index contributed by atoms with van der Waals surface area (Å²) >= 11 is 0. The van der Waals surface area contributed by atoms with Gasteiger partial charge in [0.25, 0.3) is 0 Å². The third-order valence-corrected chi connectivity index (χ3v) is 5.59. The van der Waals surface area contributed by atoms with E-state index in [9.17, 15) is 0 Å². The molecule has 0 unspecified atom stereocenters. The Morgan fingerprint density at radius 2 is 1.61 bits per heavy atom. The van der Waals surface area contributed by atoms with Crippen molar-refractivity contribution in [1.82, 2.24) is 10.6 Å². The smallest absolute Gasteiger partial charge is 0.191 e. The molecule has 1 fully saturated rings. The highest BCUT2D eigenvalue weighted by molar-refractivity contribution is 5.79. The summed E-state index contributed by atoms with van der Waals surface area (Å²) in [4.78, 5) is 4.37. The summed E-state index contributed by atoms with van der Waals surface area (Å²) in [5.41, 5.74) is 1.27. The molecule has 0 saturated heterocycles. The molecule has 1 aromatic carbocycles. The Morgan fingerprint density at radius 3 is 2.18 bits per heavy atom. The molecule has 2 N–H and O–H groups in total. The predicted molar refractivity (Wildman–Crippen MR) is 112 cm³/mol. The van der Waals surface area contributed by atoms with E-state index in [0.717, 1.165) is 36.8 Å². The highest BCUT2D eigenvalue weighted by Gasteiger charge is 2.33. The maximum absolute atomic E-state index is 5.51. The maximum atomic E-state index is 5.51. The fraction of sp³-hybridized carbons (Fsp3) is 0.667. The summed E-state index contributed by atoms with van der Waals surface area (Å²) < 4.78 is 21.6. The van der Waals surface area contributed by atoms with E-state index in [2.05, 4.69) is 15.6 Å². The second kappa shape index (κ2) is 11.0. The van der Waals surface area contributed by atoms with E-state index < -0.39 is 0 Å². The third-order valence-electron chi connectivity index (χ3n) is 5.59. The predicted octanol–water partition coefficient (Wildman–Crippen LogP) is 2.97. The topological polar surface area (TPSA) is 73.3 Å². The Hall–Kier alpha value is -2.15. The van der Waals surface area contributed by atoms with Gasteiger partial charge in [0, 0.05) is 45.5 Å². The van der Waals surface area contributed by atoms with Crippen LogP contribution in [0.4, 0.5) is 0 Å². The molecule has 0 radical (unpaired) electrons. The van der Waals surface area contributed by atoms with E-state index in [0.29, 0.717) is 23.5 Å². The van der Waals surface area contributed by atoms with Gasteiger partial charge in [0.05, 0.1) is 21.3 Å². The first kappa shape index (κ1) is 22.1. The van der Waals surface area contributed by atoms with Crippen LogP contribution in [0, 0.1) is 5.41 Å². The maximum Gasteiger partial charge on any atom is 0.191 e. The van der Waals surface area contributed by atoms with Crippen molar-refractivity contribution in [1.29, 1.82) is 0 Å². The van der Waals surface area contributed by atoms with Crippen molar-refractivity contribution in [3.05, 3.63) is 17.7 Å². The Balaban J connectivity index is 2.00. The molecule has 0 bridgehead atoms. The summed E-state index contributed by atoms with van der Waals surface area (Å²) in [6, 6.07) is 3.76. The third kappa shape index (κ3) is 5.67. The van der Waals surface area contributed by atoms with Crippen LogP contribution in [-0.2, 0) is 11.3 Å². The summed E-state index contributed by atoms with van der Waals surface area (Å²) in [5.74, 6) is 2.84. The van der Waals surface area contributed by atoms with Gasteiger partial charge < -0.3 is 29.6 Å². The minimum absolute atomic E-state index is 0.300. The minimum atomic E-state index is 0.300. The molecule has 2 rings (SSSR count). The Morgan fingerprint density at radius 1 is 0.964 bits per heavy atom. The van der Waals surface area contributed by atoms with E-state index in [1.165, 1.54) is 25.7 Å². The Bertz CT molecular complexity index is 643. The fourth-order valence-corrected chi connectivity index (χ4v) is 3.86. The van der Waals surface area contributed by atoms with E-state index in [4.69, 9.17) is 18.9 Å². The zero-order valence-electron chi connectivity index (χ0n) is 17.9. The SMILES string of the molecule is CN=C(NCc1cc(OC)c(OC)cc1OC)NCC1(CCOC)CCCC1. The molecule has 0 amide bonds. The Kier molecular flexibility index (Phi) is 8.70. The molecule has 0 aliphatic heterocycles. The van der Waals surface area contributed by atoms with Gasteiger partial charge in [-0.2, -0.15) is 0 Å². The van der Waals surface area contributed by atoms with Crippen LogP contribution in [0.3, 0.4) is 0 Å². The molecule has 28 heavy (non-hydrogen) atoms. The first-order chi connectivity index (χ1) is 13.6. The van der Waals surface area contributed by atoms with Crippen LogP contribution >= 0.6 is 0 Å². The monoisotopic (exact) mass is 393 g/mol. The van der Waals surface area contributed by atoms with Crippen LogP contribution in [0.25, 0.3) is 0 Å². The summed E-state index contributed by atoms with van der Waals surface area (Å²) in [5, 5.41) is 6.88. The van der Waals surface area contributed by atoms with Crippen molar-refractivity contribution < 1.29 is 18.9 Å². The zero-order chi connectivity index (χ0) is 20.4. The Labute approximate surface area is 168 Å². The summed E-state index contributed by atoms with van der Waals surface area (Å²) in [7, 11) is 8.45. The van der Waals surface area contributed by atoms with Crippen LogP contribution in [0.1, 0.15) is 37.7 Å². The lowest BCUT2D eigenvalue weighted by Gasteiger charge is -2.30. The van der Waals surface area contributed by atoms with Gasteiger partial charge in [-0.15, -0.1) is 0 Å². The number of ether oxygens (including phenoxy) is 4. The molecule has 1 saturated carbocycles. The lowest BCUT2D eigenvalue weighted by Crippen LogP contribution is -2.43. The standard InChI is InChI=1S/C21H35N3O4/c1-22-20(24-15-21(10-11-25-2)8-6-7-9-21)23-14-16-12-18(27-4)19(28-5)13-17(16)26-3/h12-13H,6-11,14-15H2,1-5H3,(H2,22,23,24). The number of benzene rings is 1. The first-order valence-electron chi connectivity index (χ1n) is 9.83. The number of nitrogens with one attached hydrogen (secondary N) is 2. The van der Waals surface area contributed by atoms with Crippen molar-refractivity contribution in [2.45, 2.75) is 38.6 Å². The molecule has 7 heteroatoms. The minimum Gasteiger partial charge on any atom is -0.496 e. The van der Waals surface area contributed by atoms with Crippen molar-refractivity contribution in [2.75, 3.05) is 48.6 Å². The van der Waals surface area contributed by atoms with Crippen molar-refractivity contribution in [3.8, 4) is 17.2 Å². The average molecular weight is 394 g/mol. The molecule has 0 atom stereocenters. The molecule has 7 nitrogen and oxygen atoms in total. The molecule has 0 spiro atoms. The van der Waals surface area contributed by atoms with Gasteiger partial charge in [-0.1, -0.05) is 12.8 Å². The normalized spacial score (nSPS) is 16.0. The zero-order valence-corrected chi connectivity index (χ0v) is 17.9. The van der Waals surface area contributed by atoms with Crippen molar-refractivity contribution in [2.24, 2.45) is 10.4 Å². The second-order valence-corrected chi connectivity index (χ2v) is 7.25. The lowest BCUT2D eigenvalue weighted by atomic mass is 9.83. The largest absolute Gasteiger partial charge is 0.496 e. The van der Waals surface area contributed by atoms with Crippen LogP contribution < -0.4 is 24.8 Å². The number of nitrogens with zero attached hydrogens (tertiary/aromatic N) is 1. The quantitative estimate of drug-likeness (QED) is 0.470. The average Bonchev–Trinajstić information content (AvgIpc) is 3.20. The molecule has 1 aromatic rings. The van der Waals surface area contributed by atoms with Gasteiger partial charge in [0.2, 0.25) is 0 Å². The van der Waals surface area contributed by atoms with Gasteiger partial charge in [-0.3, -0.25) is 4.99 Å². The van der Waals surface area contributed by atoms with E-state index in [-0.39, 0.29) is 0 Å². The van der Waals surface area contributed by atoms with Crippen LogP contribution in [0.5, 0.6) is 17.2 Å². The molecular weight excluding hydrogens is 358 g/mol. The second-order valence-electron chi connectivity index (χ2n) is 7.25. The van der Waals surface area contributed by atoms with Gasteiger partial charge in [0.15, 0.2) is 17.5 Å². The fourth-order valence-electron chi connectivity index (χ4n) is 3.86. The molecule has 158 valence electrons. The van der Waals surface area contributed by atoms with Crippen LogP contribution in [0.2, 0.25) is 0 Å². The molecule has 0 heterocycles. The van der Waals surface area contributed by atoms with E-state index in [1.54, 1.807) is 35.5 Å². The van der Waals surface area contributed by atoms with Gasteiger partial charge in [0.1, 0.15) is 5.75 Å². The number of aliphatic imine (C=N–C) groups is 1. The summed E-state index contributed by atoms with van der Waals surface area (Å²) in [6.45, 7) is 2.27. The number of hydrogen-bond donors (Lipinski definition) is 2.